The number of nitrogens with zero attached hydrogens (tertiary/aromatic N) is 3. The van der Waals surface area contributed by atoms with Gasteiger partial charge in [-0.05, 0) is 13.3 Å². The highest BCUT2D eigenvalue weighted by atomic mass is 32.2. The van der Waals surface area contributed by atoms with Gasteiger partial charge in [-0.1, -0.05) is 16.5 Å². The minimum Gasteiger partial charge on any atom is -0.375 e. The number of hydrogen-bond acceptors (Lipinski definition) is 8. The fourth-order valence-electron chi connectivity index (χ4n) is 2.11. The van der Waals surface area contributed by atoms with Crippen LogP contribution in [0.15, 0.2) is 4.52 Å². The zero-order valence-corrected chi connectivity index (χ0v) is 11.8. The molecule has 0 spiro atoms. The minimum atomic E-state index is -2.95. The molecule has 102 valence electrons. The summed E-state index contributed by atoms with van der Waals surface area (Å²) in [4.78, 5) is 9.10. The standard InChI is InChI=1S/C10H12N4O3S2/c1-5-7(18-10(11)12-5)9-13-8(14-17-9)6-2-3-19(15,16)4-6/h6H,2-4H2,1H3,(H2,11,12). The Kier molecular flexibility index (Phi) is 2.82. The predicted molar refractivity (Wildman–Crippen MR) is 70.6 cm³/mol. The van der Waals surface area contributed by atoms with Gasteiger partial charge in [0, 0.05) is 5.92 Å². The molecule has 2 aromatic heterocycles. The molecule has 0 bridgehead atoms. The molecule has 1 fully saturated rings. The summed E-state index contributed by atoms with van der Waals surface area (Å²) in [5, 5.41) is 4.32. The van der Waals surface area contributed by atoms with Crippen LogP contribution in [-0.2, 0) is 9.84 Å². The number of nitrogen functional groups attached to an aromatic ring is 1. The van der Waals surface area contributed by atoms with Crippen molar-refractivity contribution < 1.29 is 12.9 Å². The summed E-state index contributed by atoms with van der Waals surface area (Å²) in [5.41, 5.74) is 6.35. The summed E-state index contributed by atoms with van der Waals surface area (Å²) in [6, 6.07) is 0. The molecule has 1 saturated heterocycles. The Morgan fingerprint density at radius 3 is 2.79 bits per heavy atom. The van der Waals surface area contributed by atoms with Gasteiger partial charge in [0.05, 0.1) is 17.2 Å². The van der Waals surface area contributed by atoms with Crippen LogP contribution in [0.5, 0.6) is 0 Å². The van der Waals surface area contributed by atoms with Gasteiger partial charge < -0.3 is 10.3 Å². The normalized spacial score (nSPS) is 21.8. The number of aromatic nitrogens is 3. The summed E-state index contributed by atoms with van der Waals surface area (Å²) in [7, 11) is -2.95. The van der Waals surface area contributed by atoms with Gasteiger partial charge in [-0.3, -0.25) is 0 Å². The molecule has 1 aliphatic heterocycles. The molecular formula is C10H12N4O3S2. The van der Waals surface area contributed by atoms with Gasteiger partial charge >= 0.3 is 0 Å². The van der Waals surface area contributed by atoms with E-state index in [1.807, 2.05) is 6.92 Å². The molecule has 3 heterocycles. The Morgan fingerprint density at radius 1 is 1.42 bits per heavy atom. The number of nitrogens with two attached hydrogens (primary N) is 1. The summed E-state index contributed by atoms with van der Waals surface area (Å²) in [6.07, 6.45) is 0.547. The van der Waals surface area contributed by atoms with Gasteiger partial charge in [0.2, 0.25) is 0 Å². The Labute approximate surface area is 113 Å². The molecule has 9 heteroatoms. The van der Waals surface area contributed by atoms with Crippen LogP contribution >= 0.6 is 11.3 Å². The highest BCUT2D eigenvalue weighted by Crippen LogP contribution is 2.32. The topological polar surface area (TPSA) is 112 Å². The van der Waals surface area contributed by atoms with Gasteiger partial charge in [0.1, 0.15) is 4.88 Å². The first-order chi connectivity index (χ1) is 8.94. The first-order valence-electron chi connectivity index (χ1n) is 5.72. The summed E-state index contributed by atoms with van der Waals surface area (Å²) >= 11 is 1.28. The minimum absolute atomic E-state index is 0.0930. The second-order valence-electron chi connectivity index (χ2n) is 4.52. The molecule has 2 aromatic rings. The van der Waals surface area contributed by atoms with E-state index in [-0.39, 0.29) is 17.4 Å². The second kappa shape index (κ2) is 4.27. The van der Waals surface area contributed by atoms with Crippen LogP contribution in [0.2, 0.25) is 0 Å². The molecule has 19 heavy (non-hydrogen) atoms. The van der Waals surface area contributed by atoms with E-state index in [9.17, 15) is 8.42 Å². The van der Waals surface area contributed by atoms with Crippen molar-refractivity contribution in [3.8, 4) is 10.8 Å². The van der Waals surface area contributed by atoms with Gasteiger partial charge in [0.25, 0.3) is 5.89 Å². The van der Waals surface area contributed by atoms with Crippen molar-refractivity contribution in [1.29, 1.82) is 0 Å². The van der Waals surface area contributed by atoms with Crippen LogP contribution in [0.1, 0.15) is 23.9 Å². The van der Waals surface area contributed by atoms with E-state index in [0.717, 1.165) is 10.6 Å². The molecule has 1 unspecified atom stereocenters. The highest BCUT2D eigenvalue weighted by molar-refractivity contribution is 7.91. The predicted octanol–water partition coefficient (Wildman–Crippen LogP) is 0.986. The molecule has 1 atom stereocenters. The first-order valence-corrected chi connectivity index (χ1v) is 8.36. The maximum Gasteiger partial charge on any atom is 0.270 e. The summed E-state index contributed by atoms with van der Waals surface area (Å²) in [5.74, 6) is 0.908. The van der Waals surface area contributed by atoms with Crippen molar-refractivity contribution in [1.82, 2.24) is 15.1 Å². The fourth-order valence-corrected chi connectivity index (χ4v) is 4.60. The second-order valence-corrected chi connectivity index (χ2v) is 7.78. The SMILES string of the molecule is Cc1nc(N)sc1-c1nc(C2CCS(=O)(=O)C2)no1. The van der Waals surface area contributed by atoms with E-state index in [1.54, 1.807) is 0 Å². The maximum absolute atomic E-state index is 11.4. The highest BCUT2D eigenvalue weighted by Gasteiger charge is 2.32. The first kappa shape index (κ1) is 12.5. The third-order valence-corrected chi connectivity index (χ3v) is 5.79. The van der Waals surface area contributed by atoms with Gasteiger partial charge in [-0.25, -0.2) is 13.4 Å². The summed E-state index contributed by atoms with van der Waals surface area (Å²) in [6.45, 7) is 1.81. The zero-order chi connectivity index (χ0) is 13.6. The molecule has 3 rings (SSSR count). The van der Waals surface area contributed by atoms with Crippen LogP contribution < -0.4 is 5.73 Å². The molecule has 0 aromatic carbocycles. The third-order valence-electron chi connectivity index (χ3n) is 3.05. The van der Waals surface area contributed by atoms with E-state index in [1.165, 1.54) is 11.3 Å². The average Bonchev–Trinajstić information content (AvgIpc) is 2.97. The Balaban J connectivity index is 1.90. The molecule has 7 nitrogen and oxygen atoms in total. The molecule has 0 saturated carbocycles. The van der Waals surface area contributed by atoms with E-state index < -0.39 is 9.84 Å². The van der Waals surface area contributed by atoms with E-state index in [2.05, 4.69) is 15.1 Å². The van der Waals surface area contributed by atoms with Crippen molar-refractivity contribution in [3.05, 3.63) is 11.5 Å². The largest absolute Gasteiger partial charge is 0.375 e. The van der Waals surface area contributed by atoms with E-state index in [0.29, 0.717) is 23.3 Å². The lowest BCUT2D eigenvalue weighted by Gasteiger charge is -1.97. The van der Waals surface area contributed by atoms with Crippen molar-refractivity contribution in [2.45, 2.75) is 19.3 Å². The lowest BCUT2D eigenvalue weighted by molar-refractivity contribution is 0.418. The maximum atomic E-state index is 11.4. The molecule has 1 aliphatic rings. The zero-order valence-electron chi connectivity index (χ0n) is 10.2. The number of hydrogen-bond donors (Lipinski definition) is 1. The third kappa shape index (κ3) is 2.35. The Morgan fingerprint density at radius 2 is 2.21 bits per heavy atom. The molecule has 0 aliphatic carbocycles. The molecular weight excluding hydrogens is 288 g/mol. The van der Waals surface area contributed by atoms with Gasteiger partial charge in [0.15, 0.2) is 20.8 Å². The number of sulfone groups is 1. The van der Waals surface area contributed by atoms with Crippen molar-refractivity contribution >= 4 is 26.3 Å². The van der Waals surface area contributed by atoms with Gasteiger partial charge in [-0.2, -0.15) is 4.98 Å². The van der Waals surface area contributed by atoms with Gasteiger partial charge in [-0.15, -0.1) is 0 Å². The number of rotatable bonds is 2. The van der Waals surface area contributed by atoms with E-state index in [4.69, 9.17) is 10.3 Å². The van der Waals surface area contributed by atoms with E-state index >= 15 is 0 Å². The molecule has 0 amide bonds. The molecule has 2 N–H and O–H groups in total. The smallest absolute Gasteiger partial charge is 0.270 e. The van der Waals surface area contributed by atoms with Crippen molar-refractivity contribution in [2.24, 2.45) is 0 Å². The lowest BCUT2D eigenvalue weighted by Crippen LogP contribution is -2.04. The van der Waals surface area contributed by atoms with Crippen LogP contribution in [0.3, 0.4) is 0 Å². The average molecular weight is 300 g/mol. The van der Waals surface area contributed by atoms with Crippen LogP contribution in [0.25, 0.3) is 10.8 Å². The fraction of sp³-hybridized carbons (Fsp3) is 0.500. The van der Waals surface area contributed by atoms with Crippen LogP contribution in [0, 0.1) is 6.92 Å². The lowest BCUT2D eigenvalue weighted by atomic mass is 10.1. The van der Waals surface area contributed by atoms with Crippen molar-refractivity contribution in [2.75, 3.05) is 17.2 Å². The Bertz CT molecular complexity index is 719. The summed E-state index contributed by atoms with van der Waals surface area (Å²) < 4.78 is 28.1. The number of anilines is 1. The van der Waals surface area contributed by atoms with Crippen molar-refractivity contribution in [3.63, 3.8) is 0 Å². The van der Waals surface area contributed by atoms with Crippen LogP contribution in [0.4, 0.5) is 5.13 Å². The number of thiazole rings is 1. The number of aryl methyl sites for hydroxylation is 1. The monoisotopic (exact) mass is 300 g/mol. The molecule has 0 radical (unpaired) electrons. The quantitative estimate of drug-likeness (QED) is 0.879. The Hall–Kier alpha value is -1.48. The van der Waals surface area contributed by atoms with Crippen LogP contribution in [-0.4, -0.2) is 35.0 Å².